The number of thioether (sulfide) groups is 1. The van der Waals surface area contributed by atoms with Gasteiger partial charge in [0, 0.05) is 35.5 Å². The van der Waals surface area contributed by atoms with Gasteiger partial charge in [-0.3, -0.25) is 14.9 Å². The summed E-state index contributed by atoms with van der Waals surface area (Å²) in [6.07, 6.45) is 0. The molecule has 0 unspecified atom stereocenters. The first-order valence-electron chi connectivity index (χ1n) is 9.97. The molecule has 0 N–H and O–H groups in total. The summed E-state index contributed by atoms with van der Waals surface area (Å²) in [5.74, 6) is -2.91. The molecule has 0 saturated carbocycles. The zero-order valence-electron chi connectivity index (χ0n) is 19.3. The van der Waals surface area contributed by atoms with Crippen molar-refractivity contribution in [3.63, 3.8) is 0 Å². The predicted octanol–water partition coefficient (Wildman–Crippen LogP) is 3.17. The monoisotopic (exact) mass is 478 g/mol. The molecule has 11 heteroatoms. The van der Waals surface area contributed by atoms with Gasteiger partial charge in [-0.05, 0) is 32.4 Å². The lowest BCUT2D eigenvalue weighted by Gasteiger charge is -2.36. The predicted molar refractivity (Wildman–Crippen MR) is 120 cm³/mol. The molecule has 0 radical (unpaired) electrons. The van der Waals surface area contributed by atoms with E-state index in [-0.39, 0.29) is 29.2 Å². The lowest BCUT2D eigenvalue weighted by atomic mass is 9.79. The number of nitro benzene ring substituents is 1. The molecule has 1 aliphatic heterocycles. The van der Waals surface area contributed by atoms with Gasteiger partial charge in [0.25, 0.3) is 5.69 Å². The Hall–Kier alpha value is -3.34. The molecular weight excluding hydrogens is 452 g/mol. The number of carbonyl (C=O) groups is 3. The SMILES string of the molecule is CCOC(=O)CSc1ccc([N+](=O)[O-])cc1C1C(C(=O)OC)=C(C)N(C)C(C)=C1C(=O)OC. The van der Waals surface area contributed by atoms with E-state index in [9.17, 15) is 24.5 Å². The van der Waals surface area contributed by atoms with Crippen molar-refractivity contribution in [3.8, 4) is 0 Å². The van der Waals surface area contributed by atoms with Crippen molar-refractivity contribution < 1.29 is 33.5 Å². The van der Waals surface area contributed by atoms with E-state index >= 15 is 0 Å². The lowest BCUT2D eigenvalue weighted by Crippen LogP contribution is -2.33. The van der Waals surface area contributed by atoms with Crippen molar-refractivity contribution in [2.75, 3.05) is 33.6 Å². The molecule has 178 valence electrons. The van der Waals surface area contributed by atoms with Gasteiger partial charge < -0.3 is 19.1 Å². The molecule has 2 rings (SSSR count). The topological polar surface area (TPSA) is 125 Å². The number of hydrogen-bond acceptors (Lipinski definition) is 10. The molecule has 1 heterocycles. The Morgan fingerprint density at radius 1 is 1.09 bits per heavy atom. The molecule has 0 bridgehead atoms. The molecule has 0 spiro atoms. The fourth-order valence-electron chi connectivity index (χ4n) is 3.58. The Kier molecular flexibility index (Phi) is 8.63. The lowest BCUT2D eigenvalue weighted by molar-refractivity contribution is -0.385. The number of hydrogen-bond donors (Lipinski definition) is 0. The molecule has 0 saturated heterocycles. The summed E-state index contributed by atoms with van der Waals surface area (Å²) in [5.41, 5.74) is 1.41. The standard InChI is InChI=1S/C22H26N2O8S/c1-7-32-17(25)11-33-16-9-8-14(24(28)29)10-15(16)20-18(21(26)30-5)12(2)23(4)13(3)19(20)22(27)31-6/h8-10,20H,7,11H2,1-6H3. The summed E-state index contributed by atoms with van der Waals surface area (Å²) in [7, 11) is 4.12. The minimum atomic E-state index is -1.01. The van der Waals surface area contributed by atoms with Gasteiger partial charge in [-0.15, -0.1) is 11.8 Å². The van der Waals surface area contributed by atoms with Crippen molar-refractivity contribution >= 4 is 35.4 Å². The van der Waals surface area contributed by atoms with Crippen molar-refractivity contribution in [2.45, 2.75) is 31.6 Å². The van der Waals surface area contributed by atoms with Crippen LogP contribution in [0.2, 0.25) is 0 Å². The van der Waals surface area contributed by atoms with Crippen LogP contribution < -0.4 is 0 Å². The average Bonchev–Trinajstić information content (AvgIpc) is 2.80. The minimum absolute atomic E-state index is 0.0578. The van der Waals surface area contributed by atoms with Crippen LogP contribution in [0, 0.1) is 10.1 Å². The maximum Gasteiger partial charge on any atom is 0.336 e. The van der Waals surface area contributed by atoms with Gasteiger partial charge in [-0.2, -0.15) is 0 Å². The summed E-state index contributed by atoms with van der Waals surface area (Å²) in [4.78, 5) is 50.8. The van der Waals surface area contributed by atoms with Crippen LogP contribution in [0.25, 0.3) is 0 Å². The van der Waals surface area contributed by atoms with Gasteiger partial charge in [-0.25, -0.2) is 9.59 Å². The minimum Gasteiger partial charge on any atom is -0.466 e. The van der Waals surface area contributed by atoms with Gasteiger partial charge in [0.2, 0.25) is 0 Å². The number of carbonyl (C=O) groups excluding carboxylic acids is 3. The zero-order valence-corrected chi connectivity index (χ0v) is 20.1. The van der Waals surface area contributed by atoms with Crippen molar-refractivity contribution in [3.05, 3.63) is 56.4 Å². The highest BCUT2D eigenvalue weighted by Gasteiger charge is 2.41. The van der Waals surface area contributed by atoms with Crippen LogP contribution in [-0.4, -0.2) is 61.4 Å². The molecular formula is C22H26N2O8S. The van der Waals surface area contributed by atoms with Crippen molar-refractivity contribution in [2.24, 2.45) is 0 Å². The molecule has 10 nitrogen and oxygen atoms in total. The second-order valence-corrected chi connectivity index (χ2v) is 8.06. The Balaban J connectivity index is 2.81. The third kappa shape index (κ3) is 5.36. The van der Waals surface area contributed by atoms with Gasteiger partial charge in [0.1, 0.15) is 0 Å². The Morgan fingerprint density at radius 2 is 1.64 bits per heavy atom. The van der Waals surface area contributed by atoms with Crippen LogP contribution in [0.15, 0.2) is 45.6 Å². The number of methoxy groups -OCH3 is 2. The van der Waals surface area contributed by atoms with Crippen LogP contribution in [0.1, 0.15) is 32.3 Å². The van der Waals surface area contributed by atoms with E-state index in [1.807, 2.05) is 0 Å². The van der Waals surface area contributed by atoms with Crippen LogP contribution in [-0.2, 0) is 28.6 Å². The van der Waals surface area contributed by atoms with Gasteiger partial charge in [-0.1, -0.05) is 0 Å². The Bertz CT molecular complexity index is 1010. The maximum atomic E-state index is 12.9. The van der Waals surface area contributed by atoms with Gasteiger partial charge in [0.05, 0.1) is 48.6 Å². The number of benzene rings is 1. The van der Waals surface area contributed by atoms with E-state index in [1.54, 1.807) is 32.7 Å². The van der Waals surface area contributed by atoms with Crippen LogP contribution in [0.3, 0.4) is 0 Å². The van der Waals surface area contributed by atoms with Crippen LogP contribution in [0.4, 0.5) is 5.69 Å². The summed E-state index contributed by atoms with van der Waals surface area (Å²) in [5, 5.41) is 11.5. The number of rotatable bonds is 8. The normalized spacial score (nSPS) is 14.3. The molecule has 0 aromatic heterocycles. The number of nitrogens with zero attached hydrogens (tertiary/aromatic N) is 2. The fraction of sp³-hybridized carbons (Fsp3) is 0.409. The highest BCUT2D eigenvalue weighted by atomic mass is 32.2. The van der Waals surface area contributed by atoms with Crippen molar-refractivity contribution in [1.29, 1.82) is 0 Å². The molecule has 0 atom stereocenters. The van der Waals surface area contributed by atoms with Gasteiger partial charge in [0.15, 0.2) is 0 Å². The molecule has 0 fully saturated rings. The first-order chi connectivity index (χ1) is 15.6. The highest BCUT2D eigenvalue weighted by molar-refractivity contribution is 8.00. The van der Waals surface area contributed by atoms with E-state index in [4.69, 9.17) is 14.2 Å². The molecule has 1 aliphatic rings. The summed E-state index contributed by atoms with van der Waals surface area (Å²) in [6.45, 7) is 5.29. The molecule has 33 heavy (non-hydrogen) atoms. The highest BCUT2D eigenvalue weighted by Crippen LogP contribution is 2.46. The van der Waals surface area contributed by atoms with E-state index in [0.717, 1.165) is 11.8 Å². The second-order valence-electron chi connectivity index (χ2n) is 7.05. The Morgan fingerprint density at radius 3 is 2.09 bits per heavy atom. The molecule has 0 aliphatic carbocycles. The van der Waals surface area contributed by atoms with Gasteiger partial charge >= 0.3 is 17.9 Å². The fourth-order valence-corrected chi connectivity index (χ4v) is 4.45. The van der Waals surface area contributed by atoms with E-state index in [2.05, 4.69) is 0 Å². The van der Waals surface area contributed by atoms with E-state index in [1.165, 1.54) is 32.4 Å². The van der Waals surface area contributed by atoms with E-state index < -0.39 is 28.7 Å². The zero-order chi connectivity index (χ0) is 24.9. The maximum absolute atomic E-state index is 12.9. The third-order valence-corrected chi connectivity index (χ3v) is 6.40. The van der Waals surface area contributed by atoms with Crippen LogP contribution >= 0.6 is 11.8 Å². The number of ether oxygens (including phenoxy) is 3. The number of nitro groups is 1. The third-order valence-electron chi connectivity index (χ3n) is 5.34. The first-order valence-corrected chi connectivity index (χ1v) is 11.0. The average molecular weight is 479 g/mol. The summed E-state index contributed by atoms with van der Waals surface area (Å²) >= 11 is 1.09. The molecule has 1 aromatic rings. The number of esters is 3. The van der Waals surface area contributed by atoms with Crippen LogP contribution in [0.5, 0.6) is 0 Å². The first kappa shape index (κ1) is 25.9. The number of non-ortho nitro benzene ring substituents is 1. The van der Waals surface area contributed by atoms with E-state index in [0.29, 0.717) is 21.9 Å². The Labute approximate surface area is 195 Å². The largest absolute Gasteiger partial charge is 0.466 e. The van der Waals surface area contributed by atoms with Crippen molar-refractivity contribution in [1.82, 2.24) is 4.90 Å². The molecule has 1 aromatic carbocycles. The quantitative estimate of drug-likeness (QED) is 0.181. The smallest absolute Gasteiger partial charge is 0.336 e. The summed E-state index contributed by atoms with van der Waals surface area (Å²) in [6, 6.07) is 4.09. The number of allylic oxidation sites excluding steroid dienone is 2. The summed E-state index contributed by atoms with van der Waals surface area (Å²) < 4.78 is 15.0. The second kappa shape index (κ2) is 11.0. The molecule has 0 amide bonds.